The summed E-state index contributed by atoms with van der Waals surface area (Å²) in [7, 11) is 0. The van der Waals surface area contributed by atoms with Gasteiger partial charge in [-0.25, -0.2) is 0 Å². The fraction of sp³-hybridized carbons (Fsp3) is 0.250. The van der Waals surface area contributed by atoms with Gasteiger partial charge in [-0.15, -0.1) is 0 Å². The molecule has 0 radical (unpaired) electrons. The number of para-hydroxylation sites is 2. The Labute approximate surface area is 208 Å². The quantitative estimate of drug-likeness (QED) is 0.217. The smallest absolute Gasteiger partial charge is 0.258 e. The first kappa shape index (κ1) is 22.5. The van der Waals surface area contributed by atoms with E-state index in [4.69, 9.17) is 4.74 Å². The zero-order valence-corrected chi connectivity index (χ0v) is 20.8. The summed E-state index contributed by atoms with van der Waals surface area (Å²) < 4.78 is 6.19. The fourth-order valence-electron chi connectivity index (χ4n) is 4.45. The Hall–Kier alpha value is -3.25. The molecule has 3 aromatic carbocycles. The molecule has 0 unspecified atom stereocenters. The summed E-state index contributed by atoms with van der Waals surface area (Å²) in [5.74, 6) is 0.720. The zero-order valence-electron chi connectivity index (χ0n) is 19.2. The van der Waals surface area contributed by atoms with Gasteiger partial charge in [-0.2, -0.15) is 0 Å². The van der Waals surface area contributed by atoms with Crippen LogP contribution in [-0.2, 0) is 0 Å². The van der Waals surface area contributed by atoms with Crippen LogP contribution in [0.1, 0.15) is 30.1 Å². The van der Waals surface area contributed by atoms with Crippen molar-refractivity contribution in [2.45, 2.75) is 25.8 Å². The van der Waals surface area contributed by atoms with Crippen molar-refractivity contribution in [2.75, 3.05) is 28.7 Å². The second kappa shape index (κ2) is 9.94. The van der Waals surface area contributed by atoms with E-state index in [2.05, 4.69) is 57.4 Å². The summed E-state index contributed by atoms with van der Waals surface area (Å²) >= 11 is 3.48. The minimum absolute atomic E-state index is 0.0127. The van der Waals surface area contributed by atoms with Gasteiger partial charge in [0.15, 0.2) is 0 Å². The van der Waals surface area contributed by atoms with Crippen LogP contribution in [0.25, 0.3) is 22.0 Å². The molecule has 5 rings (SSSR count). The van der Waals surface area contributed by atoms with Gasteiger partial charge in [-0.05, 0) is 79.2 Å². The monoisotopic (exact) mass is 517 g/mol. The van der Waals surface area contributed by atoms with Gasteiger partial charge in [0.1, 0.15) is 5.75 Å². The molecule has 174 valence electrons. The number of nitrogens with one attached hydrogen (secondary N) is 2. The van der Waals surface area contributed by atoms with Crippen molar-refractivity contribution < 1.29 is 9.53 Å². The third-order valence-corrected chi connectivity index (χ3v) is 6.82. The van der Waals surface area contributed by atoms with Crippen molar-refractivity contribution in [1.82, 2.24) is 4.98 Å². The Bertz CT molecular complexity index is 1320. The predicted octanol–water partition coefficient (Wildman–Crippen LogP) is 6.85. The molecule has 0 saturated heterocycles. The van der Waals surface area contributed by atoms with E-state index < -0.39 is 0 Å². The van der Waals surface area contributed by atoms with Crippen molar-refractivity contribution in [2.24, 2.45) is 0 Å². The third-order valence-electron chi connectivity index (χ3n) is 6.26. The number of halogens is 1. The molecule has 0 aliphatic carbocycles. The van der Waals surface area contributed by atoms with Gasteiger partial charge in [0.2, 0.25) is 0 Å². The van der Waals surface area contributed by atoms with E-state index in [-0.39, 0.29) is 5.91 Å². The predicted molar refractivity (Wildman–Crippen MR) is 143 cm³/mol. The molecule has 1 aliphatic heterocycles. The second-order valence-electron chi connectivity index (χ2n) is 8.69. The van der Waals surface area contributed by atoms with E-state index in [1.165, 1.54) is 0 Å². The molecule has 2 heterocycles. The Morgan fingerprint density at radius 1 is 1.12 bits per heavy atom. The number of ether oxygens (including phenoxy) is 1. The van der Waals surface area contributed by atoms with Crippen LogP contribution in [0.2, 0.25) is 0 Å². The summed E-state index contributed by atoms with van der Waals surface area (Å²) in [5.41, 5.74) is 5.69. The molecule has 4 aromatic rings. The molecule has 0 spiro atoms. The molecule has 34 heavy (non-hydrogen) atoms. The van der Waals surface area contributed by atoms with E-state index in [0.717, 1.165) is 57.3 Å². The number of alkyl halides is 1. The average Bonchev–Trinajstić information content (AvgIpc) is 3.26. The van der Waals surface area contributed by atoms with E-state index in [9.17, 15) is 4.79 Å². The normalized spacial score (nSPS) is 15.5. The summed E-state index contributed by atoms with van der Waals surface area (Å²) in [4.78, 5) is 18.8. The van der Waals surface area contributed by atoms with E-state index >= 15 is 0 Å². The van der Waals surface area contributed by atoms with Crippen molar-refractivity contribution in [3.05, 3.63) is 78.5 Å². The van der Waals surface area contributed by atoms with Gasteiger partial charge in [-0.1, -0.05) is 34.1 Å². The number of anilines is 2. The van der Waals surface area contributed by atoms with Crippen molar-refractivity contribution in [1.29, 1.82) is 0 Å². The van der Waals surface area contributed by atoms with Crippen molar-refractivity contribution in [3.63, 3.8) is 0 Å². The highest BCUT2D eigenvalue weighted by atomic mass is 79.9. The SMILES string of the molecule is C[C@@H]1CCN(C(=O)c2ccc(-c3ccc4[nH]ccc4c3)c(OCCCBr)c2)c2ccccc2N1. The highest BCUT2D eigenvalue weighted by Crippen LogP contribution is 2.35. The summed E-state index contributed by atoms with van der Waals surface area (Å²) in [6.45, 7) is 3.39. The number of carbonyl (C=O) groups is 1. The lowest BCUT2D eigenvalue weighted by molar-refractivity contribution is 0.0986. The van der Waals surface area contributed by atoms with Gasteiger partial charge in [0.05, 0.1) is 18.0 Å². The Morgan fingerprint density at radius 3 is 2.88 bits per heavy atom. The van der Waals surface area contributed by atoms with E-state index in [1.807, 2.05) is 53.6 Å². The van der Waals surface area contributed by atoms with Gasteiger partial charge < -0.3 is 19.9 Å². The molecule has 0 fully saturated rings. The number of H-pyrrole nitrogens is 1. The average molecular weight is 518 g/mol. The fourth-order valence-corrected chi connectivity index (χ4v) is 4.68. The number of rotatable bonds is 6. The molecular weight excluding hydrogens is 490 g/mol. The largest absolute Gasteiger partial charge is 0.493 e. The standard InChI is InChI=1S/C28H28BrN3O2/c1-19-12-15-32(26-6-3-2-5-25(26)31-19)28(33)22-7-9-23(27(18-22)34-16-4-13-29)20-8-10-24-21(17-20)11-14-30-24/h2-3,5-11,14,17-19,30-31H,4,12-13,15-16H2,1H3/t19-/m1/s1. The minimum Gasteiger partial charge on any atom is -0.493 e. The first-order valence-corrected chi connectivity index (χ1v) is 12.8. The van der Waals surface area contributed by atoms with Crippen LogP contribution in [0.4, 0.5) is 11.4 Å². The van der Waals surface area contributed by atoms with Crippen LogP contribution >= 0.6 is 15.9 Å². The number of hydrogen-bond donors (Lipinski definition) is 2. The number of benzene rings is 3. The minimum atomic E-state index is -0.0127. The molecule has 2 N–H and O–H groups in total. The molecule has 6 heteroatoms. The number of amides is 1. The van der Waals surface area contributed by atoms with Gasteiger partial charge in [-0.3, -0.25) is 4.79 Å². The topological polar surface area (TPSA) is 57.4 Å². The number of nitrogens with zero attached hydrogens (tertiary/aromatic N) is 1. The van der Waals surface area contributed by atoms with Crippen molar-refractivity contribution >= 4 is 44.1 Å². The molecule has 0 bridgehead atoms. The van der Waals surface area contributed by atoms with Gasteiger partial charge >= 0.3 is 0 Å². The lowest BCUT2D eigenvalue weighted by atomic mass is 10.0. The first-order valence-electron chi connectivity index (χ1n) is 11.7. The number of fused-ring (bicyclic) bond motifs is 2. The number of aromatic amines is 1. The van der Waals surface area contributed by atoms with Crippen LogP contribution in [-0.4, -0.2) is 35.4 Å². The molecule has 1 aromatic heterocycles. The van der Waals surface area contributed by atoms with Crippen LogP contribution in [0, 0.1) is 0 Å². The molecule has 1 aliphatic rings. The maximum atomic E-state index is 13.7. The molecule has 5 nitrogen and oxygen atoms in total. The lowest BCUT2D eigenvalue weighted by Crippen LogP contribution is -2.32. The highest BCUT2D eigenvalue weighted by Gasteiger charge is 2.25. The third kappa shape index (κ3) is 4.55. The Morgan fingerprint density at radius 2 is 2.00 bits per heavy atom. The van der Waals surface area contributed by atoms with Gasteiger partial charge in [0.25, 0.3) is 5.91 Å². The molecule has 1 atom stereocenters. The molecule has 0 saturated carbocycles. The maximum Gasteiger partial charge on any atom is 0.258 e. The molecular formula is C28H28BrN3O2. The first-order chi connectivity index (χ1) is 16.6. The maximum absolute atomic E-state index is 13.7. The lowest BCUT2D eigenvalue weighted by Gasteiger charge is -2.23. The second-order valence-corrected chi connectivity index (χ2v) is 9.48. The summed E-state index contributed by atoms with van der Waals surface area (Å²) in [6.07, 6.45) is 3.71. The zero-order chi connectivity index (χ0) is 23.5. The van der Waals surface area contributed by atoms with Crippen LogP contribution < -0.4 is 15.0 Å². The van der Waals surface area contributed by atoms with Crippen LogP contribution in [0.5, 0.6) is 5.75 Å². The van der Waals surface area contributed by atoms with E-state index in [0.29, 0.717) is 24.8 Å². The van der Waals surface area contributed by atoms with E-state index in [1.54, 1.807) is 0 Å². The summed E-state index contributed by atoms with van der Waals surface area (Å²) in [6, 6.07) is 22.5. The number of hydrogen-bond acceptors (Lipinski definition) is 3. The summed E-state index contributed by atoms with van der Waals surface area (Å²) in [5, 5.41) is 5.53. The number of carbonyl (C=O) groups excluding carboxylic acids is 1. The van der Waals surface area contributed by atoms with Crippen LogP contribution in [0.15, 0.2) is 72.9 Å². The molecule has 1 amide bonds. The van der Waals surface area contributed by atoms with Gasteiger partial charge in [0, 0.05) is 40.8 Å². The Kier molecular flexibility index (Phi) is 6.59. The highest BCUT2D eigenvalue weighted by molar-refractivity contribution is 9.09. The Balaban J connectivity index is 1.52. The number of aromatic nitrogens is 1. The van der Waals surface area contributed by atoms with Crippen LogP contribution in [0.3, 0.4) is 0 Å². The van der Waals surface area contributed by atoms with Crippen molar-refractivity contribution in [3.8, 4) is 16.9 Å².